The fourth-order valence-corrected chi connectivity index (χ4v) is 4.60. The number of carbonyl (C=O) groups excluding carboxylic acids is 1. The second-order valence-corrected chi connectivity index (χ2v) is 9.88. The number of nitrogens with one attached hydrogen (secondary N) is 1. The number of anilines is 1. The first-order chi connectivity index (χ1) is 21.0. The van der Waals surface area contributed by atoms with E-state index < -0.39 is 0 Å². The standard InChI is InChI=1S/C33H25ClN4O5/c1-2-41-29-17-21(11-16-28(29)42-20-31(39)36-24-14-12-23(34)13-15-24)19-35-38-32(30-18-22-7-3-6-10-27(22)43-30)37-26-9-5-4-8-25(26)33(38)40/h3-19H,2,20H2,1H3,(H,36,39). The van der Waals surface area contributed by atoms with Crippen LogP contribution in [0.5, 0.6) is 11.5 Å². The minimum absolute atomic E-state index is 0.227. The zero-order valence-electron chi connectivity index (χ0n) is 23.0. The Morgan fingerprint density at radius 1 is 0.977 bits per heavy atom. The lowest BCUT2D eigenvalue weighted by Gasteiger charge is -2.13. The molecule has 0 fully saturated rings. The highest BCUT2D eigenvalue weighted by Gasteiger charge is 2.16. The van der Waals surface area contributed by atoms with E-state index in [-0.39, 0.29) is 23.9 Å². The Morgan fingerprint density at radius 2 is 1.77 bits per heavy atom. The van der Waals surface area contributed by atoms with Gasteiger partial charge in [0.1, 0.15) is 5.58 Å². The fraction of sp³-hybridized carbons (Fsp3) is 0.0909. The molecule has 0 radical (unpaired) electrons. The van der Waals surface area contributed by atoms with Crippen LogP contribution < -0.4 is 20.3 Å². The zero-order chi connectivity index (χ0) is 29.8. The van der Waals surface area contributed by atoms with Gasteiger partial charge >= 0.3 is 0 Å². The summed E-state index contributed by atoms with van der Waals surface area (Å²) in [6.45, 7) is 1.99. The summed E-state index contributed by atoms with van der Waals surface area (Å²) in [4.78, 5) is 30.7. The van der Waals surface area contributed by atoms with E-state index in [1.807, 2.05) is 43.3 Å². The van der Waals surface area contributed by atoms with Gasteiger partial charge in [0.2, 0.25) is 5.82 Å². The van der Waals surface area contributed by atoms with Gasteiger partial charge in [0.15, 0.2) is 23.9 Å². The molecule has 0 atom stereocenters. The van der Waals surface area contributed by atoms with E-state index in [1.165, 1.54) is 10.9 Å². The molecule has 6 aromatic rings. The number of furan rings is 1. The molecule has 1 amide bonds. The van der Waals surface area contributed by atoms with Crippen molar-refractivity contribution in [2.75, 3.05) is 18.5 Å². The molecule has 2 heterocycles. The molecule has 0 aliphatic rings. The molecule has 6 rings (SSSR count). The maximum absolute atomic E-state index is 13.6. The van der Waals surface area contributed by atoms with E-state index in [1.54, 1.807) is 60.7 Å². The number of ether oxygens (including phenoxy) is 2. The summed E-state index contributed by atoms with van der Waals surface area (Å²) in [6.07, 6.45) is 1.53. The van der Waals surface area contributed by atoms with Gasteiger partial charge in [0.05, 0.1) is 23.7 Å². The third-order valence-electron chi connectivity index (χ3n) is 6.48. The topological polar surface area (TPSA) is 108 Å². The Balaban J connectivity index is 1.29. The first-order valence-corrected chi connectivity index (χ1v) is 13.9. The van der Waals surface area contributed by atoms with Gasteiger partial charge < -0.3 is 19.2 Å². The minimum Gasteiger partial charge on any atom is -0.490 e. The van der Waals surface area contributed by atoms with E-state index in [2.05, 4.69) is 10.4 Å². The first kappa shape index (κ1) is 27.7. The quantitative estimate of drug-likeness (QED) is 0.186. The van der Waals surface area contributed by atoms with Crippen LogP contribution in [0.2, 0.25) is 5.02 Å². The Hall–Kier alpha value is -5.41. The summed E-state index contributed by atoms with van der Waals surface area (Å²) in [6, 6.07) is 28.4. The summed E-state index contributed by atoms with van der Waals surface area (Å²) in [5.74, 6) is 1.16. The van der Waals surface area contributed by atoms with Crippen molar-refractivity contribution >= 4 is 51.3 Å². The van der Waals surface area contributed by atoms with E-state index in [0.29, 0.717) is 56.6 Å². The highest BCUT2D eigenvalue weighted by molar-refractivity contribution is 6.30. The van der Waals surface area contributed by atoms with Crippen LogP contribution in [0.15, 0.2) is 111 Å². The number of hydrogen-bond donors (Lipinski definition) is 1. The minimum atomic E-state index is -0.339. The number of amides is 1. The molecular formula is C33H25ClN4O5. The van der Waals surface area contributed by atoms with Gasteiger partial charge in [-0.2, -0.15) is 9.78 Å². The molecule has 0 bridgehead atoms. The number of aromatic nitrogens is 2. The lowest BCUT2D eigenvalue weighted by molar-refractivity contribution is -0.118. The van der Waals surface area contributed by atoms with E-state index >= 15 is 0 Å². The molecule has 4 aromatic carbocycles. The second-order valence-electron chi connectivity index (χ2n) is 9.45. The van der Waals surface area contributed by atoms with Crippen LogP contribution in [0.25, 0.3) is 33.5 Å². The van der Waals surface area contributed by atoms with Crippen LogP contribution in [0, 0.1) is 0 Å². The number of nitrogens with zero attached hydrogens (tertiary/aromatic N) is 3. The second kappa shape index (κ2) is 12.2. The van der Waals surface area contributed by atoms with Gasteiger partial charge in [-0.1, -0.05) is 41.9 Å². The molecule has 0 saturated heterocycles. The van der Waals surface area contributed by atoms with Crippen molar-refractivity contribution in [2.24, 2.45) is 5.10 Å². The molecular weight excluding hydrogens is 568 g/mol. The fourth-order valence-electron chi connectivity index (χ4n) is 4.47. The maximum Gasteiger partial charge on any atom is 0.282 e. The molecule has 0 aliphatic carbocycles. The normalized spacial score (nSPS) is 11.3. The van der Waals surface area contributed by atoms with Crippen molar-refractivity contribution in [1.82, 2.24) is 9.66 Å². The number of carbonyl (C=O) groups is 1. The van der Waals surface area contributed by atoms with Crippen LogP contribution in [0.1, 0.15) is 12.5 Å². The number of halogens is 1. The molecule has 9 nitrogen and oxygen atoms in total. The van der Waals surface area contributed by atoms with Gasteiger partial charge in [-0.3, -0.25) is 9.59 Å². The molecule has 0 unspecified atom stereocenters. The Bertz CT molecular complexity index is 2000. The Kier molecular flexibility index (Phi) is 7.88. The van der Waals surface area contributed by atoms with Crippen molar-refractivity contribution in [3.8, 4) is 23.1 Å². The van der Waals surface area contributed by atoms with Crippen LogP contribution in [-0.4, -0.2) is 35.0 Å². The smallest absolute Gasteiger partial charge is 0.282 e. The van der Waals surface area contributed by atoms with Crippen molar-refractivity contribution in [3.63, 3.8) is 0 Å². The van der Waals surface area contributed by atoms with E-state index in [9.17, 15) is 9.59 Å². The molecule has 2 aromatic heterocycles. The van der Waals surface area contributed by atoms with Crippen molar-refractivity contribution in [1.29, 1.82) is 0 Å². The first-order valence-electron chi connectivity index (χ1n) is 13.5. The third kappa shape index (κ3) is 6.12. The lowest BCUT2D eigenvalue weighted by atomic mass is 10.2. The number of fused-ring (bicyclic) bond motifs is 2. The number of hydrogen-bond acceptors (Lipinski definition) is 7. The van der Waals surface area contributed by atoms with Crippen molar-refractivity contribution < 1.29 is 18.7 Å². The van der Waals surface area contributed by atoms with Gasteiger partial charge in [-0.05, 0) is 79.2 Å². The molecule has 214 valence electrons. The summed E-state index contributed by atoms with van der Waals surface area (Å²) < 4.78 is 18.8. The average Bonchev–Trinajstić information content (AvgIpc) is 3.46. The Morgan fingerprint density at radius 3 is 2.58 bits per heavy atom. The van der Waals surface area contributed by atoms with Gasteiger partial charge in [-0.15, -0.1) is 0 Å². The number of para-hydroxylation sites is 2. The zero-order valence-corrected chi connectivity index (χ0v) is 23.7. The van der Waals surface area contributed by atoms with Crippen LogP contribution in [-0.2, 0) is 4.79 Å². The van der Waals surface area contributed by atoms with E-state index in [4.69, 9.17) is 30.5 Å². The van der Waals surface area contributed by atoms with Crippen LogP contribution >= 0.6 is 11.6 Å². The summed E-state index contributed by atoms with van der Waals surface area (Å²) >= 11 is 5.90. The summed E-state index contributed by atoms with van der Waals surface area (Å²) in [5.41, 5.74) is 2.12. The highest BCUT2D eigenvalue weighted by atomic mass is 35.5. The van der Waals surface area contributed by atoms with Gasteiger partial charge in [-0.25, -0.2) is 4.98 Å². The summed E-state index contributed by atoms with van der Waals surface area (Å²) in [7, 11) is 0. The van der Waals surface area contributed by atoms with Gasteiger partial charge in [0, 0.05) is 16.1 Å². The van der Waals surface area contributed by atoms with E-state index in [0.717, 1.165) is 5.39 Å². The summed E-state index contributed by atoms with van der Waals surface area (Å²) in [5, 5.41) is 9.16. The Labute approximate surface area is 251 Å². The molecule has 43 heavy (non-hydrogen) atoms. The third-order valence-corrected chi connectivity index (χ3v) is 6.73. The predicted octanol–water partition coefficient (Wildman–Crippen LogP) is 6.76. The average molecular weight is 593 g/mol. The number of benzene rings is 4. The molecule has 0 aliphatic heterocycles. The molecule has 1 N–H and O–H groups in total. The van der Waals surface area contributed by atoms with Gasteiger partial charge in [0.25, 0.3) is 11.5 Å². The van der Waals surface area contributed by atoms with Crippen molar-refractivity contribution in [2.45, 2.75) is 6.92 Å². The van der Waals surface area contributed by atoms with Crippen LogP contribution in [0.3, 0.4) is 0 Å². The largest absolute Gasteiger partial charge is 0.490 e. The molecule has 0 spiro atoms. The van der Waals surface area contributed by atoms with Crippen molar-refractivity contribution in [3.05, 3.63) is 118 Å². The molecule has 10 heteroatoms. The van der Waals surface area contributed by atoms with Crippen LogP contribution in [0.4, 0.5) is 5.69 Å². The maximum atomic E-state index is 13.6. The monoisotopic (exact) mass is 592 g/mol. The number of rotatable bonds is 9. The lowest BCUT2D eigenvalue weighted by Crippen LogP contribution is -2.20. The molecule has 0 saturated carbocycles. The highest BCUT2D eigenvalue weighted by Crippen LogP contribution is 2.29. The SMILES string of the molecule is CCOc1cc(C=Nn2c(-c3cc4ccccc4o3)nc3ccccc3c2=O)ccc1OCC(=O)Nc1ccc(Cl)cc1. The predicted molar refractivity (Wildman–Crippen MR) is 167 cm³/mol.